The van der Waals surface area contributed by atoms with Gasteiger partial charge in [-0.25, -0.2) is 0 Å². The van der Waals surface area contributed by atoms with Gasteiger partial charge in [-0.1, -0.05) is 60.7 Å². The maximum absolute atomic E-state index is 13.1. The Balaban J connectivity index is 1.50. The molecule has 0 bridgehead atoms. The molecule has 0 atom stereocenters. The number of nitro benzene ring substituents is 1. The maximum Gasteiger partial charge on any atom is 0.279 e. The van der Waals surface area contributed by atoms with E-state index in [1.165, 1.54) is 12.1 Å². The second-order valence-corrected chi connectivity index (χ2v) is 7.56. The largest absolute Gasteiger partial charge is 0.481 e. The molecule has 1 heterocycles. The van der Waals surface area contributed by atoms with E-state index in [-0.39, 0.29) is 18.2 Å². The van der Waals surface area contributed by atoms with Crippen molar-refractivity contribution in [1.29, 1.82) is 0 Å². The number of ether oxygens (including phenoxy) is 1. The fourth-order valence-corrected chi connectivity index (χ4v) is 3.64. The quantitative estimate of drug-likeness (QED) is 0.275. The summed E-state index contributed by atoms with van der Waals surface area (Å²) in [6.45, 7) is 0.820. The highest BCUT2D eigenvalue weighted by Crippen LogP contribution is 2.31. The summed E-state index contributed by atoms with van der Waals surface area (Å²) in [4.78, 5) is 30.0. The lowest BCUT2D eigenvalue weighted by molar-refractivity contribution is -0.383. The molecule has 0 saturated carbocycles. The SMILES string of the molecule is O=C(COc1ccc([N+](=O)[O-])c2cccnc12)N(CCc1ccccc1)Cc1ccccc1. The van der Waals surface area contributed by atoms with Crippen molar-refractivity contribution in [3.05, 3.63) is 112 Å². The van der Waals surface area contributed by atoms with Gasteiger partial charge in [0.15, 0.2) is 6.61 Å². The molecule has 0 spiro atoms. The number of aromatic nitrogens is 1. The van der Waals surface area contributed by atoms with Crippen molar-refractivity contribution in [2.45, 2.75) is 13.0 Å². The zero-order valence-electron chi connectivity index (χ0n) is 18.0. The molecule has 0 N–H and O–H groups in total. The van der Waals surface area contributed by atoms with Crippen LogP contribution in [-0.2, 0) is 17.8 Å². The van der Waals surface area contributed by atoms with Crippen LogP contribution in [0.25, 0.3) is 10.9 Å². The van der Waals surface area contributed by atoms with Gasteiger partial charge < -0.3 is 9.64 Å². The molecule has 0 saturated heterocycles. The highest BCUT2D eigenvalue weighted by atomic mass is 16.6. The van der Waals surface area contributed by atoms with Gasteiger partial charge in [0, 0.05) is 25.4 Å². The first kappa shape index (κ1) is 22.0. The van der Waals surface area contributed by atoms with Crippen LogP contribution in [-0.4, -0.2) is 33.9 Å². The number of nitrogens with zero attached hydrogens (tertiary/aromatic N) is 3. The maximum atomic E-state index is 13.1. The van der Waals surface area contributed by atoms with Crippen LogP contribution in [0.4, 0.5) is 5.69 Å². The third kappa shape index (κ3) is 5.51. The number of benzene rings is 3. The zero-order valence-corrected chi connectivity index (χ0v) is 18.0. The number of amides is 1. The Morgan fingerprint density at radius 2 is 1.61 bits per heavy atom. The lowest BCUT2D eigenvalue weighted by Crippen LogP contribution is -2.36. The fourth-order valence-electron chi connectivity index (χ4n) is 3.64. The molecular weight excluding hydrogens is 418 g/mol. The van der Waals surface area contributed by atoms with E-state index >= 15 is 0 Å². The topological polar surface area (TPSA) is 85.6 Å². The predicted octanol–water partition coefficient (Wildman–Crippen LogP) is 4.79. The van der Waals surface area contributed by atoms with Crippen molar-refractivity contribution in [2.24, 2.45) is 0 Å². The minimum Gasteiger partial charge on any atom is -0.481 e. The average Bonchev–Trinajstić information content (AvgIpc) is 2.86. The van der Waals surface area contributed by atoms with E-state index in [0.29, 0.717) is 29.7 Å². The third-order valence-corrected chi connectivity index (χ3v) is 5.34. The fraction of sp³-hybridized carbons (Fsp3) is 0.154. The normalized spacial score (nSPS) is 10.7. The van der Waals surface area contributed by atoms with Crippen molar-refractivity contribution < 1.29 is 14.5 Å². The van der Waals surface area contributed by atoms with Crippen molar-refractivity contribution in [2.75, 3.05) is 13.2 Å². The van der Waals surface area contributed by atoms with Crippen molar-refractivity contribution in [1.82, 2.24) is 9.88 Å². The van der Waals surface area contributed by atoms with Gasteiger partial charge in [-0.15, -0.1) is 0 Å². The van der Waals surface area contributed by atoms with E-state index in [2.05, 4.69) is 4.98 Å². The predicted molar refractivity (Wildman–Crippen MR) is 126 cm³/mol. The molecule has 0 unspecified atom stereocenters. The van der Waals surface area contributed by atoms with Crippen molar-refractivity contribution in [3.8, 4) is 5.75 Å². The monoisotopic (exact) mass is 441 g/mol. The van der Waals surface area contributed by atoms with E-state index in [9.17, 15) is 14.9 Å². The number of hydrogen-bond acceptors (Lipinski definition) is 5. The van der Waals surface area contributed by atoms with Crippen LogP contribution < -0.4 is 4.74 Å². The van der Waals surface area contributed by atoms with Crippen LogP contribution in [0.1, 0.15) is 11.1 Å². The molecule has 0 aliphatic rings. The summed E-state index contributed by atoms with van der Waals surface area (Å²) in [7, 11) is 0. The molecule has 1 aromatic heterocycles. The molecule has 7 heteroatoms. The summed E-state index contributed by atoms with van der Waals surface area (Å²) in [6.07, 6.45) is 2.27. The molecule has 0 aliphatic heterocycles. The molecular formula is C26H23N3O4. The number of pyridine rings is 1. The molecule has 1 amide bonds. The van der Waals surface area contributed by atoms with E-state index in [0.717, 1.165) is 17.5 Å². The first-order valence-corrected chi connectivity index (χ1v) is 10.6. The van der Waals surface area contributed by atoms with Gasteiger partial charge in [-0.05, 0) is 35.7 Å². The molecule has 0 radical (unpaired) electrons. The highest BCUT2D eigenvalue weighted by molar-refractivity contribution is 5.92. The zero-order chi connectivity index (χ0) is 23.0. The second kappa shape index (κ2) is 10.4. The van der Waals surface area contributed by atoms with E-state index in [1.807, 2.05) is 60.7 Å². The Morgan fingerprint density at radius 1 is 0.909 bits per heavy atom. The lowest BCUT2D eigenvalue weighted by atomic mass is 10.1. The Labute approximate surface area is 191 Å². The molecule has 7 nitrogen and oxygen atoms in total. The molecule has 33 heavy (non-hydrogen) atoms. The Hall–Kier alpha value is -4.26. The second-order valence-electron chi connectivity index (χ2n) is 7.56. The van der Waals surface area contributed by atoms with Crippen molar-refractivity contribution in [3.63, 3.8) is 0 Å². The summed E-state index contributed by atoms with van der Waals surface area (Å²) >= 11 is 0. The Bertz CT molecular complexity index is 1250. The summed E-state index contributed by atoms with van der Waals surface area (Å²) in [5.41, 5.74) is 2.49. The van der Waals surface area contributed by atoms with Gasteiger partial charge in [-0.3, -0.25) is 19.9 Å². The molecule has 166 valence electrons. The average molecular weight is 441 g/mol. The molecule has 4 rings (SSSR count). The smallest absolute Gasteiger partial charge is 0.279 e. The summed E-state index contributed by atoms with van der Waals surface area (Å²) in [5.74, 6) is 0.171. The molecule has 0 aliphatic carbocycles. The molecule has 3 aromatic carbocycles. The first-order valence-electron chi connectivity index (χ1n) is 10.6. The van der Waals surface area contributed by atoms with Gasteiger partial charge in [0.05, 0.1) is 10.3 Å². The van der Waals surface area contributed by atoms with Gasteiger partial charge in [0.25, 0.3) is 11.6 Å². The molecule has 0 fully saturated rings. The minimum absolute atomic E-state index is 0.0506. The van der Waals surface area contributed by atoms with E-state index < -0.39 is 4.92 Å². The first-order chi connectivity index (χ1) is 16.1. The van der Waals surface area contributed by atoms with Gasteiger partial charge >= 0.3 is 0 Å². The van der Waals surface area contributed by atoms with Crippen LogP contribution in [0.15, 0.2) is 91.1 Å². The number of nitro groups is 1. The number of carbonyl (C=O) groups is 1. The summed E-state index contributed by atoms with van der Waals surface area (Å²) in [5, 5.41) is 11.7. The number of fused-ring (bicyclic) bond motifs is 1. The van der Waals surface area contributed by atoms with E-state index in [1.54, 1.807) is 23.2 Å². The van der Waals surface area contributed by atoms with Crippen LogP contribution >= 0.6 is 0 Å². The Morgan fingerprint density at radius 3 is 2.30 bits per heavy atom. The number of non-ortho nitro benzene ring substituents is 1. The van der Waals surface area contributed by atoms with Crippen LogP contribution in [0, 0.1) is 10.1 Å². The summed E-state index contributed by atoms with van der Waals surface area (Å²) in [6, 6.07) is 25.9. The molecule has 4 aromatic rings. The van der Waals surface area contributed by atoms with Gasteiger partial charge in [0.1, 0.15) is 11.3 Å². The van der Waals surface area contributed by atoms with Crippen molar-refractivity contribution >= 4 is 22.5 Å². The van der Waals surface area contributed by atoms with Gasteiger partial charge in [-0.2, -0.15) is 0 Å². The highest BCUT2D eigenvalue weighted by Gasteiger charge is 2.19. The number of hydrogen-bond donors (Lipinski definition) is 0. The van der Waals surface area contributed by atoms with Crippen LogP contribution in [0.3, 0.4) is 0 Å². The lowest BCUT2D eigenvalue weighted by Gasteiger charge is -2.23. The standard InChI is InChI=1S/C26H23N3O4/c30-25(19-33-24-14-13-23(29(31)32)22-12-7-16-27-26(22)24)28(18-21-10-5-2-6-11-21)17-15-20-8-3-1-4-9-20/h1-14,16H,15,17-19H2. The van der Waals surface area contributed by atoms with Crippen LogP contribution in [0.5, 0.6) is 5.75 Å². The van der Waals surface area contributed by atoms with Gasteiger partial charge in [0.2, 0.25) is 0 Å². The number of rotatable bonds is 9. The Kier molecular flexibility index (Phi) is 6.90. The van der Waals surface area contributed by atoms with Crippen LogP contribution in [0.2, 0.25) is 0 Å². The third-order valence-electron chi connectivity index (χ3n) is 5.34. The minimum atomic E-state index is -0.454. The number of carbonyl (C=O) groups excluding carboxylic acids is 1. The summed E-state index contributed by atoms with van der Waals surface area (Å²) < 4.78 is 5.81. The van der Waals surface area contributed by atoms with E-state index in [4.69, 9.17) is 4.74 Å².